The van der Waals surface area contributed by atoms with Gasteiger partial charge < -0.3 is 0 Å². The van der Waals surface area contributed by atoms with Gasteiger partial charge in [0.25, 0.3) is 5.91 Å². The fourth-order valence-electron chi connectivity index (χ4n) is 1.29. The molecule has 0 N–H and O–H groups in total. The summed E-state index contributed by atoms with van der Waals surface area (Å²) in [5.74, 6) is -0.664. The minimum absolute atomic E-state index is 0.159. The number of aromatic nitrogens is 1. The van der Waals surface area contributed by atoms with Crippen molar-refractivity contribution in [2.75, 3.05) is 0 Å². The molecule has 0 spiro atoms. The fourth-order valence-corrected chi connectivity index (χ4v) is 1.29. The lowest BCUT2D eigenvalue weighted by Crippen LogP contribution is -1.96. The van der Waals surface area contributed by atoms with Crippen molar-refractivity contribution in [1.82, 2.24) is 4.98 Å². The van der Waals surface area contributed by atoms with E-state index < -0.39 is 5.91 Å². The third kappa shape index (κ3) is 1.77. The van der Waals surface area contributed by atoms with E-state index in [1.54, 1.807) is 12.3 Å². The van der Waals surface area contributed by atoms with Crippen LogP contribution in [0.5, 0.6) is 0 Å². The van der Waals surface area contributed by atoms with Gasteiger partial charge in [0.2, 0.25) is 0 Å². The van der Waals surface area contributed by atoms with Crippen LogP contribution < -0.4 is 0 Å². The molecule has 0 saturated heterocycles. The van der Waals surface area contributed by atoms with Crippen LogP contribution in [0.4, 0.5) is 0 Å². The molecule has 0 fully saturated rings. The molecule has 1 aromatic carbocycles. The monoisotopic (exact) mass is 198 g/mol. The Bertz CT molecular complexity index is 572. The molecule has 0 radical (unpaired) electrons. The van der Waals surface area contributed by atoms with Crippen molar-refractivity contribution in [2.45, 2.75) is 0 Å². The second kappa shape index (κ2) is 3.77. The van der Waals surface area contributed by atoms with Gasteiger partial charge in [-0.2, -0.15) is 0 Å². The fraction of sp³-hybridized carbons (Fsp3) is 0. The molecule has 5 nitrogen and oxygen atoms in total. The van der Waals surface area contributed by atoms with Crippen molar-refractivity contribution in [1.29, 1.82) is 0 Å². The van der Waals surface area contributed by atoms with Crippen LogP contribution in [0.2, 0.25) is 0 Å². The predicted molar refractivity (Wildman–Crippen MR) is 55.2 cm³/mol. The van der Waals surface area contributed by atoms with Gasteiger partial charge in [0.05, 0.1) is 0 Å². The zero-order valence-electron chi connectivity index (χ0n) is 7.66. The Morgan fingerprint density at radius 1 is 1.33 bits per heavy atom. The van der Waals surface area contributed by atoms with Gasteiger partial charge in [-0.05, 0) is 22.1 Å². The lowest BCUT2D eigenvalue weighted by molar-refractivity contribution is 0.0996. The summed E-state index contributed by atoms with van der Waals surface area (Å²) in [6.07, 6.45) is 1.58. The van der Waals surface area contributed by atoms with Crippen LogP contribution in [0.3, 0.4) is 0 Å². The average molecular weight is 198 g/mol. The van der Waals surface area contributed by atoms with Gasteiger partial charge in [0.15, 0.2) is 0 Å². The number of benzene rings is 1. The normalized spacial score (nSPS) is 9.60. The smallest absolute Gasteiger partial charge is 0.267 e. The quantitative estimate of drug-likeness (QED) is 0.401. The van der Waals surface area contributed by atoms with Gasteiger partial charge in [-0.1, -0.05) is 24.3 Å². The van der Waals surface area contributed by atoms with E-state index >= 15 is 0 Å². The number of rotatable bonds is 1. The van der Waals surface area contributed by atoms with Crippen molar-refractivity contribution in [2.24, 2.45) is 5.11 Å². The third-order valence-electron chi connectivity index (χ3n) is 1.99. The molecule has 2 aromatic rings. The summed E-state index contributed by atoms with van der Waals surface area (Å²) in [5.41, 5.74) is 8.28. The van der Waals surface area contributed by atoms with Gasteiger partial charge in [0.1, 0.15) is 5.69 Å². The summed E-state index contributed by atoms with van der Waals surface area (Å²) in [6, 6.07) is 9.11. The zero-order chi connectivity index (χ0) is 10.7. The molecule has 0 aliphatic heterocycles. The van der Waals surface area contributed by atoms with Crippen LogP contribution in [0.15, 0.2) is 41.6 Å². The van der Waals surface area contributed by atoms with E-state index in [0.717, 1.165) is 10.8 Å². The molecular weight excluding hydrogens is 192 g/mol. The molecule has 0 aliphatic rings. The molecule has 1 aromatic heterocycles. The molecule has 72 valence electrons. The van der Waals surface area contributed by atoms with E-state index in [1.165, 1.54) is 0 Å². The molecule has 1 heterocycles. The first-order valence-electron chi connectivity index (χ1n) is 4.25. The molecule has 0 unspecified atom stereocenters. The summed E-state index contributed by atoms with van der Waals surface area (Å²) in [4.78, 5) is 17.5. The summed E-state index contributed by atoms with van der Waals surface area (Å²) in [6.45, 7) is 0. The largest absolute Gasteiger partial charge is 0.285 e. The van der Waals surface area contributed by atoms with E-state index in [2.05, 4.69) is 15.0 Å². The molecule has 0 atom stereocenters. The summed E-state index contributed by atoms with van der Waals surface area (Å²) in [5, 5.41) is 4.81. The summed E-state index contributed by atoms with van der Waals surface area (Å²) < 4.78 is 0. The van der Waals surface area contributed by atoms with Crippen molar-refractivity contribution >= 4 is 16.7 Å². The van der Waals surface area contributed by atoms with Gasteiger partial charge in [-0.3, -0.25) is 9.78 Å². The molecule has 2 rings (SSSR count). The van der Waals surface area contributed by atoms with Crippen molar-refractivity contribution < 1.29 is 4.79 Å². The van der Waals surface area contributed by atoms with Crippen LogP contribution in [-0.2, 0) is 0 Å². The van der Waals surface area contributed by atoms with Crippen LogP contribution >= 0.6 is 0 Å². The molecule has 1 amide bonds. The van der Waals surface area contributed by atoms with Crippen LogP contribution in [0, 0.1) is 0 Å². The molecule has 5 heteroatoms. The Labute approximate surface area is 85.0 Å². The lowest BCUT2D eigenvalue weighted by atomic mass is 10.1. The third-order valence-corrected chi connectivity index (χ3v) is 1.99. The number of azide groups is 1. The number of carbonyl (C=O) groups is 1. The predicted octanol–water partition coefficient (Wildman–Crippen LogP) is 2.69. The van der Waals surface area contributed by atoms with E-state index in [4.69, 9.17) is 5.53 Å². The number of nitrogens with zero attached hydrogens (tertiary/aromatic N) is 4. The minimum atomic E-state index is -0.664. The molecule has 0 saturated carbocycles. The number of amides is 1. The first-order chi connectivity index (χ1) is 7.31. The maximum atomic E-state index is 11.2. The maximum absolute atomic E-state index is 11.2. The van der Waals surface area contributed by atoms with Crippen molar-refractivity contribution in [3.63, 3.8) is 0 Å². The number of carbonyl (C=O) groups excluding carboxylic acids is 1. The molecule has 0 bridgehead atoms. The Morgan fingerprint density at radius 2 is 2.07 bits per heavy atom. The standard InChI is InChI=1S/C10H6N4O/c11-14-13-10(15)9-5-7-3-1-2-4-8(7)6-12-9/h1-6H. The number of hydrogen-bond donors (Lipinski definition) is 0. The van der Waals surface area contributed by atoms with Crippen molar-refractivity contribution in [3.8, 4) is 0 Å². The highest BCUT2D eigenvalue weighted by molar-refractivity contribution is 5.96. The molecule has 15 heavy (non-hydrogen) atoms. The van der Waals surface area contributed by atoms with Gasteiger partial charge in [-0.15, -0.1) is 0 Å². The summed E-state index contributed by atoms with van der Waals surface area (Å²) in [7, 11) is 0. The number of pyridine rings is 1. The highest BCUT2D eigenvalue weighted by Gasteiger charge is 2.04. The van der Waals surface area contributed by atoms with Gasteiger partial charge >= 0.3 is 0 Å². The van der Waals surface area contributed by atoms with E-state index in [0.29, 0.717) is 0 Å². The molecule has 0 aliphatic carbocycles. The SMILES string of the molecule is [N-]=[N+]=NC(=O)c1cc2ccccc2cn1. The first-order valence-corrected chi connectivity index (χ1v) is 4.25. The zero-order valence-corrected chi connectivity index (χ0v) is 7.66. The average Bonchev–Trinajstić information content (AvgIpc) is 2.29. The first kappa shape index (κ1) is 9.18. The van der Waals surface area contributed by atoms with Crippen molar-refractivity contribution in [3.05, 3.63) is 52.7 Å². The van der Waals surface area contributed by atoms with Crippen LogP contribution in [0.25, 0.3) is 21.2 Å². The second-order valence-electron chi connectivity index (χ2n) is 2.91. The van der Waals surface area contributed by atoms with Crippen LogP contribution in [-0.4, -0.2) is 10.9 Å². The van der Waals surface area contributed by atoms with E-state index in [-0.39, 0.29) is 5.69 Å². The lowest BCUT2D eigenvalue weighted by Gasteiger charge is -1.98. The summed E-state index contributed by atoms with van der Waals surface area (Å²) >= 11 is 0. The van der Waals surface area contributed by atoms with Gasteiger partial charge in [-0.25, -0.2) is 0 Å². The Hall–Kier alpha value is -2.39. The number of hydrogen-bond acceptors (Lipinski definition) is 2. The van der Waals surface area contributed by atoms with E-state index in [9.17, 15) is 4.79 Å². The second-order valence-corrected chi connectivity index (χ2v) is 2.91. The topological polar surface area (TPSA) is 78.7 Å². The Morgan fingerprint density at radius 3 is 2.80 bits per heavy atom. The highest BCUT2D eigenvalue weighted by atomic mass is 16.1. The Balaban J connectivity index is 2.56. The van der Waals surface area contributed by atoms with Crippen LogP contribution in [0.1, 0.15) is 10.5 Å². The minimum Gasteiger partial charge on any atom is -0.285 e. The Kier molecular flexibility index (Phi) is 2.31. The van der Waals surface area contributed by atoms with E-state index in [1.807, 2.05) is 24.3 Å². The van der Waals surface area contributed by atoms with Gasteiger partial charge in [0, 0.05) is 16.5 Å². The highest BCUT2D eigenvalue weighted by Crippen LogP contribution is 2.13. The number of fused-ring (bicyclic) bond motifs is 1. The maximum Gasteiger partial charge on any atom is 0.267 e. The molecular formula is C10H6N4O.